The third kappa shape index (κ3) is 5.03. The van der Waals surface area contributed by atoms with Crippen molar-refractivity contribution in [3.8, 4) is 0 Å². The number of carbonyl (C=O) groups excluding carboxylic acids is 3. The third-order valence-electron chi connectivity index (χ3n) is 6.24. The molecule has 0 bridgehead atoms. The van der Waals surface area contributed by atoms with Crippen molar-refractivity contribution in [2.75, 3.05) is 41.3 Å². The van der Waals surface area contributed by atoms with E-state index in [2.05, 4.69) is 22.3 Å². The van der Waals surface area contributed by atoms with Crippen molar-refractivity contribution in [3.63, 3.8) is 0 Å². The second-order valence-corrected chi connectivity index (χ2v) is 9.77. The lowest BCUT2D eigenvalue weighted by Gasteiger charge is -2.36. The highest BCUT2D eigenvalue weighted by Gasteiger charge is 2.40. The predicted molar refractivity (Wildman–Crippen MR) is 146 cm³/mol. The maximum Gasteiger partial charge on any atom is 0.283 e. The summed E-state index contributed by atoms with van der Waals surface area (Å²) in [6.45, 7) is 2.64. The number of imide groups is 1. The average Bonchev–Trinajstić information content (AvgIpc) is 3.13. The molecule has 7 nitrogen and oxygen atoms in total. The van der Waals surface area contributed by atoms with Gasteiger partial charge in [-0.1, -0.05) is 59.1 Å². The van der Waals surface area contributed by atoms with Gasteiger partial charge in [0.15, 0.2) is 0 Å². The minimum Gasteiger partial charge on any atom is -0.368 e. The van der Waals surface area contributed by atoms with Crippen LogP contribution in [0, 0.1) is 0 Å². The Morgan fingerprint density at radius 1 is 0.784 bits per heavy atom. The van der Waals surface area contributed by atoms with E-state index in [1.165, 1.54) is 12.1 Å². The molecule has 0 spiro atoms. The molecule has 0 radical (unpaired) electrons. The van der Waals surface area contributed by atoms with Crippen LogP contribution in [0.5, 0.6) is 0 Å². The van der Waals surface area contributed by atoms with E-state index >= 15 is 0 Å². The molecule has 10 heteroatoms. The summed E-state index contributed by atoms with van der Waals surface area (Å²) in [6.07, 6.45) is 0. The van der Waals surface area contributed by atoms with Gasteiger partial charge in [-0.05, 0) is 48.5 Å². The highest BCUT2D eigenvalue weighted by molar-refractivity contribution is 6.54. The van der Waals surface area contributed by atoms with Crippen LogP contribution in [0.3, 0.4) is 0 Å². The van der Waals surface area contributed by atoms with E-state index in [1.807, 2.05) is 18.2 Å². The van der Waals surface area contributed by atoms with E-state index in [4.69, 9.17) is 34.8 Å². The summed E-state index contributed by atoms with van der Waals surface area (Å²) in [5, 5.41) is 3.12. The first-order valence-electron chi connectivity index (χ1n) is 11.5. The van der Waals surface area contributed by atoms with Gasteiger partial charge in [0.1, 0.15) is 10.7 Å². The van der Waals surface area contributed by atoms with Crippen LogP contribution in [0.15, 0.2) is 83.5 Å². The molecule has 0 saturated carbocycles. The van der Waals surface area contributed by atoms with Crippen LogP contribution in [-0.2, 0) is 9.59 Å². The van der Waals surface area contributed by atoms with Crippen molar-refractivity contribution in [3.05, 3.63) is 99.1 Å². The predicted octanol–water partition coefficient (Wildman–Crippen LogP) is 5.39. The van der Waals surface area contributed by atoms with E-state index in [9.17, 15) is 14.4 Å². The molecule has 0 unspecified atom stereocenters. The lowest BCUT2D eigenvalue weighted by Crippen LogP contribution is -2.48. The molecule has 2 aliphatic heterocycles. The zero-order valence-electron chi connectivity index (χ0n) is 19.5. The van der Waals surface area contributed by atoms with E-state index in [0.29, 0.717) is 29.4 Å². The molecule has 188 valence electrons. The van der Waals surface area contributed by atoms with Gasteiger partial charge in [-0.25, -0.2) is 4.90 Å². The maximum atomic E-state index is 13.2. The second kappa shape index (κ2) is 10.5. The van der Waals surface area contributed by atoms with Gasteiger partial charge >= 0.3 is 0 Å². The molecule has 2 aliphatic rings. The summed E-state index contributed by atoms with van der Waals surface area (Å²) in [7, 11) is 0. The Hall–Kier alpha value is -3.52. The minimum atomic E-state index is -0.721. The number of anilines is 3. The summed E-state index contributed by atoms with van der Waals surface area (Å²) in [6, 6.07) is 21.3. The van der Waals surface area contributed by atoms with Crippen LogP contribution >= 0.6 is 34.8 Å². The Bertz CT molecular complexity index is 1420. The number of carbonyl (C=O) groups is 3. The van der Waals surface area contributed by atoms with Crippen molar-refractivity contribution in [2.24, 2.45) is 0 Å². The zero-order chi connectivity index (χ0) is 26.1. The summed E-state index contributed by atoms with van der Waals surface area (Å²) < 4.78 is 0. The summed E-state index contributed by atoms with van der Waals surface area (Å²) in [5.41, 5.74) is 2.07. The molecule has 3 amide bonds. The second-order valence-electron chi connectivity index (χ2n) is 8.55. The zero-order valence-corrected chi connectivity index (χ0v) is 21.7. The highest BCUT2D eigenvalue weighted by Crippen LogP contribution is 2.36. The van der Waals surface area contributed by atoms with E-state index in [1.54, 1.807) is 35.2 Å². The SMILES string of the molecule is O=C(c1cccc(NC2=C(Cl)C(=O)N(c3cc(Cl)ccc3Cl)C2=O)c1)N1CCN(c2ccccc2)CC1. The third-order valence-corrected chi connectivity index (χ3v) is 7.15. The van der Waals surface area contributed by atoms with Gasteiger partial charge in [-0.3, -0.25) is 14.4 Å². The summed E-state index contributed by atoms with van der Waals surface area (Å²) in [5.74, 6) is -1.51. The Morgan fingerprint density at radius 2 is 1.51 bits per heavy atom. The van der Waals surface area contributed by atoms with Gasteiger partial charge in [-0.2, -0.15) is 0 Å². The standard InChI is InChI=1S/C27H21Cl3N4O3/c28-18-9-10-21(29)22(16-18)34-26(36)23(30)24(27(34)37)31-19-6-4-5-17(15-19)25(35)33-13-11-32(12-14-33)20-7-2-1-3-8-20/h1-10,15-16,31H,11-14H2. The van der Waals surface area contributed by atoms with Gasteiger partial charge < -0.3 is 15.1 Å². The monoisotopic (exact) mass is 554 g/mol. The number of rotatable bonds is 5. The smallest absolute Gasteiger partial charge is 0.283 e. The Morgan fingerprint density at radius 3 is 2.24 bits per heavy atom. The first kappa shape index (κ1) is 25.1. The molecule has 0 aromatic heterocycles. The maximum absolute atomic E-state index is 13.2. The topological polar surface area (TPSA) is 73.0 Å². The number of halogens is 3. The van der Waals surface area contributed by atoms with Gasteiger partial charge in [0.05, 0.1) is 10.7 Å². The Kier molecular flexibility index (Phi) is 7.11. The summed E-state index contributed by atoms with van der Waals surface area (Å²) >= 11 is 18.5. The van der Waals surface area contributed by atoms with E-state index < -0.39 is 11.8 Å². The number of nitrogens with one attached hydrogen (secondary N) is 1. The van der Waals surface area contributed by atoms with Gasteiger partial charge in [0, 0.05) is 48.1 Å². The lowest BCUT2D eigenvalue weighted by atomic mass is 10.1. The van der Waals surface area contributed by atoms with Crippen LogP contribution < -0.4 is 15.1 Å². The average molecular weight is 556 g/mol. The molecule has 0 atom stereocenters. The Labute approximate surface area is 228 Å². The van der Waals surface area contributed by atoms with Crippen molar-refractivity contribution in [2.45, 2.75) is 0 Å². The molecular formula is C27H21Cl3N4O3. The molecule has 0 aliphatic carbocycles. The van der Waals surface area contributed by atoms with Crippen LogP contribution in [0.25, 0.3) is 0 Å². The van der Waals surface area contributed by atoms with Gasteiger partial charge in [0.2, 0.25) is 0 Å². The van der Waals surface area contributed by atoms with Crippen molar-refractivity contribution in [1.29, 1.82) is 0 Å². The summed E-state index contributed by atoms with van der Waals surface area (Å²) in [4.78, 5) is 44.1. The van der Waals surface area contributed by atoms with Gasteiger partial charge in [0.25, 0.3) is 17.7 Å². The van der Waals surface area contributed by atoms with Crippen LogP contribution in [-0.4, -0.2) is 48.8 Å². The van der Waals surface area contributed by atoms with E-state index in [-0.39, 0.29) is 27.3 Å². The van der Waals surface area contributed by atoms with Crippen molar-refractivity contribution in [1.82, 2.24) is 4.90 Å². The molecule has 5 rings (SSSR count). The highest BCUT2D eigenvalue weighted by atomic mass is 35.5. The first-order chi connectivity index (χ1) is 17.8. The number of para-hydroxylation sites is 1. The molecule has 37 heavy (non-hydrogen) atoms. The number of hydrogen-bond donors (Lipinski definition) is 1. The van der Waals surface area contributed by atoms with Crippen LogP contribution in [0.1, 0.15) is 10.4 Å². The fraction of sp³-hybridized carbons (Fsp3) is 0.148. The molecular weight excluding hydrogens is 535 g/mol. The number of benzene rings is 3. The van der Waals surface area contributed by atoms with Crippen LogP contribution in [0.2, 0.25) is 10.0 Å². The molecule has 1 N–H and O–H groups in total. The number of hydrogen-bond acceptors (Lipinski definition) is 5. The molecule has 1 saturated heterocycles. The lowest BCUT2D eigenvalue weighted by molar-refractivity contribution is -0.120. The Balaban J connectivity index is 1.29. The number of piperazine rings is 1. The van der Waals surface area contributed by atoms with Crippen LogP contribution in [0.4, 0.5) is 17.1 Å². The first-order valence-corrected chi connectivity index (χ1v) is 12.7. The largest absolute Gasteiger partial charge is 0.368 e. The van der Waals surface area contributed by atoms with Gasteiger partial charge in [-0.15, -0.1) is 0 Å². The fourth-order valence-electron chi connectivity index (χ4n) is 4.35. The minimum absolute atomic E-state index is 0.108. The quantitative estimate of drug-likeness (QED) is 0.427. The molecule has 1 fully saturated rings. The fourth-order valence-corrected chi connectivity index (χ4v) is 4.93. The molecule has 3 aromatic rings. The molecule has 3 aromatic carbocycles. The van der Waals surface area contributed by atoms with Crippen molar-refractivity contribution < 1.29 is 14.4 Å². The van der Waals surface area contributed by atoms with E-state index in [0.717, 1.165) is 23.7 Å². The number of nitrogens with zero attached hydrogens (tertiary/aromatic N) is 3. The normalized spacial score (nSPS) is 16.0. The van der Waals surface area contributed by atoms with Crippen molar-refractivity contribution >= 4 is 69.6 Å². The number of amides is 3. The molecule has 2 heterocycles.